The summed E-state index contributed by atoms with van der Waals surface area (Å²) < 4.78 is 31.2. The maximum atomic E-state index is 13.1. The number of carbonyl (C=O) groups is 2. The fraction of sp³-hybridized carbons (Fsp3) is 0.375. The van der Waals surface area contributed by atoms with Crippen molar-refractivity contribution < 1.29 is 32.8 Å². The quantitative estimate of drug-likeness (QED) is 0.303. The highest BCUT2D eigenvalue weighted by atomic mass is 32.2. The first kappa shape index (κ1) is 25.0. The monoisotopic (exact) mass is 501 g/mol. The van der Waals surface area contributed by atoms with E-state index >= 15 is 0 Å². The lowest BCUT2D eigenvalue weighted by Gasteiger charge is -2.29. The van der Waals surface area contributed by atoms with E-state index in [0.717, 1.165) is 17.4 Å². The predicted octanol–water partition coefficient (Wildman–Crippen LogP) is -0.331. The van der Waals surface area contributed by atoms with Gasteiger partial charge in [-0.05, 0) is 35.9 Å². The number of sulfonamides is 1. The van der Waals surface area contributed by atoms with Gasteiger partial charge in [0.25, 0.3) is 11.7 Å². The van der Waals surface area contributed by atoms with E-state index in [0.29, 0.717) is 31.9 Å². The van der Waals surface area contributed by atoms with Crippen LogP contribution in [0.5, 0.6) is 0 Å². The van der Waals surface area contributed by atoms with Crippen LogP contribution in [0.3, 0.4) is 0 Å². The van der Waals surface area contributed by atoms with Crippen LogP contribution < -0.4 is 4.90 Å². The zero-order chi connectivity index (χ0) is 25.2. The number of aromatic nitrogens is 1. The van der Waals surface area contributed by atoms with Crippen molar-refractivity contribution in [3.63, 3.8) is 0 Å². The van der Waals surface area contributed by atoms with Crippen molar-refractivity contribution >= 4 is 27.5 Å². The number of hydrogen-bond donors (Lipinski definition) is 2. The van der Waals surface area contributed by atoms with Crippen LogP contribution in [0.2, 0.25) is 0 Å². The lowest BCUT2D eigenvalue weighted by Crippen LogP contribution is -3.14. The number of ketones is 1. The molecule has 0 bridgehead atoms. The molecule has 1 atom stereocenters. The van der Waals surface area contributed by atoms with Gasteiger partial charge in [-0.2, -0.15) is 0 Å². The summed E-state index contributed by atoms with van der Waals surface area (Å²) in [5.74, 6) is -1.81. The molecule has 0 saturated carbocycles. The maximum absolute atomic E-state index is 13.1. The standard InChI is InChI=1S/C24H28N4O6S/c1-26(2)35(32,33)19-7-5-17(6-8-19)22(29)20-21(18-4-3-9-25-16-18)28(24(31)23(20)30)11-10-27-12-14-34-15-13-27/h3-9,16,21,29H,10-15H2,1-2H3/p+1. The van der Waals surface area contributed by atoms with Gasteiger partial charge in [0.2, 0.25) is 10.0 Å². The van der Waals surface area contributed by atoms with Gasteiger partial charge in [0.05, 0.1) is 42.8 Å². The molecule has 1 amide bonds. The first-order valence-electron chi connectivity index (χ1n) is 11.3. The van der Waals surface area contributed by atoms with E-state index in [1.807, 2.05) is 0 Å². The van der Waals surface area contributed by atoms with Gasteiger partial charge in [-0.25, -0.2) is 12.7 Å². The second-order valence-electron chi connectivity index (χ2n) is 8.70. The number of amides is 1. The molecule has 2 aromatic rings. The molecule has 10 nitrogen and oxygen atoms in total. The van der Waals surface area contributed by atoms with E-state index in [2.05, 4.69) is 4.98 Å². The van der Waals surface area contributed by atoms with Crippen LogP contribution in [0, 0.1) is 0 Å². The smallest absolute Gasteiger partial charge is 0.295 e. The Labute approximate surface area is 204 Å². The lowest BCUT2D eigenvalue weighted by atomic mass is 9.96. The van der Waals surface area contributed by atoms with Crippen LogP contribution >= 0.6 is 0 Å². The molecule has 0 radical (unpaired) electrons. The minimum Gasteiger partial charge on any atom is -0.507 e. The third-order valence-electron chi connectivity index (χ3n) is 6.35. The fourth-order valence-corrected chi connectivity index (χ4v) is 5.24. The molecule has 2 aliphatic heterocycles. The van der Waals surface area contributed by atoms with Gasteiger partial charge in [-0.1, -0.05) is 6.07 Å². The number of ether oxygens (including phenoxy) is 1. The summed E-state index contributed by atoms with van der Waals surface area (Å²) in [7, 11) is -0.796. The first-order chi connectivity index (χ1) is 16.7. The molecule has 2 saturated heterocycles. The van der Waals surface area contributed by atoms with E-state index in [1.165, 1.54) is 48.2 Å². The van der Waals surface area contributed by atoms with Crippen LogP contribution in [0.1, 0.15) is 17.2 Å². The Morgan fingerprint density at radius 1 is 1.17 bits per heavy atom. The Kier molecular flexibility index (Phi) is 7.31. The molecule has 3 heterocycles. The highest BCUT2D eigenvalue weighted by molar-refractivity contribution is 7.89. The van der Waals surface area contributed by atoms with E-state index in [-0.39, 0.29) is 21.8 Å². The van der Waals surface area contributed by atoms with E-state index in [9.17, 15) is 23.1 Å². The molecule has 1 unspecified atom stereocenters. The number of nitrogens with zero attached hydrogens (tertiary/aromatic N) is 3. The number of carbonyl (C=O) groups excluding carboxylic acids is 2. The minimum absolute atomic E-state index is 0.0387. The van der Waals surface area contributed by atoms with Crippen LogP contribution in [0.4, 0.5) is 0 Å². The summed E-state index contributed by atoms with van der Waals surface area (Å²) in [6.45, 7) is 3.92. The van der Waals surface area contributed by atoms with Crippen molar-refractivity contribution in [1.29, 1.82) is 0 Å². The average Bonchev–Trinajstić information content (AvgIpc) is 3.13. The normalized spacial score (nSPS) is 21.1. The number of pyridine rings is 1. The van der Waals surface area contributed by atoms with Gasteiger partial charge in [0.1, 0.15) is 18.8 Å². The van der Waals surface area contributed by atoms with Crippen LogP contribution in [0.25, 0.3) is 5.76 Å². The highest BCUT2D eigenvalue weighted by Gasteiger charge is 2.46. The number of morpholine rings is 1. The number of aliphatic hydroxyl groups is 1. The Hall–Kier alpha value is -3.12. The largest absolute Gasteiger partial charge is 0.507 e. The third kappa shape index (κ3) is 4.98. The molecule has 2 N–H and O–H groups in total. The Balaban J connectivity index is 1.71. The zero-order valence-electron chi connectivity index (χ0n) is 19.7. The van der Waals surface area contributed by atoms with Gasteiger partial charge in [0, 0.05) is 32.1 Å². The Morgan fingerprint density at radius 3 is 2.46 bits per heavy atom. The van der Waals surface area contributed by atoms with Crippen LogP contribution in [0.15, 0.2) is 59.3 Å². The van der Waals surface area contributed by atoms with Crippen molar-refractivity contribution in [2.45, 2.75) is 10.9 Å². The number of benzene rings is 1. The number of nitrogens with one attached hydrogen (secondary N) is 1. The summed E-state index contributed by atoms with van der Waals surface area (Å²) in [5.41, 5.74) is 0.814. The molecule has 0 aliphatic carbocycles. The van der Waals surface area contributed by atoms with Crippen LogP contribution in [-0.4, -0.2) is 92.9 Å². The minimum atomic E-state index is -3.65. The van der Waals surface area contributed by atoms with Crippen molar-refractivity contribution in [3.05, 3.63) is 65.5 Å². The molecule has 1 aromatic heterocycles. The molecule has 186 valence electrons. The summed E-state index contributed by atoms with van der Waals surface area (Å²) in [5, 5.41) is 11.2. The number of rotatable bonds is 7. The SMILES string of the molecule is CN(C)S(=O)(=O)c1ccc(C(O)=C2C(=O)C(=O)N(CC[NH+]3CCOCC3)C2c2cccnc2)cc1. The number of Topliss-reactive ketones (excluding diaryl/α,β-unsaturated/α-hetero) is 1. The molecule has 4 rings (SSSR count). The number of hydrogen-bond acceptors (Lipinski definition) is 7. The molecule has 2 fully saturated rings. The fourth-order valence-electron chi connectivity index (χ4n) is 4.33. The number of aliphatic hydroxyl groups excluding tert-OH is 1. The Morgan fingerprint density at radius 2 is 1.86 bits per heavy atom. The van der Waals surface area contributed by atoms with Gasteiger partial charge in [0.15, 0.2) is 0 Å². The number of likely N-dealkylation sites (tertiary alicyclic amines) is 1. The molecule has 2 aliphatic rings. The number of quaternary nitrogens is 1. The summed E-state index contributed by atoms with van der Waals surface area (Å²) >= 11 is 0. The van der Waals surface area contributed by atoms with Gasteiger partial charge in [-0.15, -0.1) is 0 Å². The van der Waals surface area contributed by atoms with Gasteiger partial charge >= 0.3 is 0 Å². The lowest BCUT2D eigenvalue weighted by molar-refractivity contribution is -0.907. The molecular formula is C24H29N4O6S+. The van der Waals surface area contributed by atoms with E-state index < -0.39 is 27.8 Å². The molecule has 11 heteroatoms. The Bertz CT molecular complexity index is 1220. The van der Waals surface area contributed by atoms with Crippen molar-refractivity contribution in [1.82, 2.24) is 14.2 Å². The topological polar surface area (TPSA) is 122 Å². The summed E-state index contributed by atoms with van der Waals surface area (Å²) in [6, 6.07) is 8.26. The highest BCUT2D eigenvalue weighted by Crippen LogP contribution is 2.38. The second-order valence-corrected chi connectivity index (χ2v) is 10.9. The summed E-state index contributed by atoms with van der Waals surface area (Å²) in [6.07, 6.45) is 3.17. The van der Waals surface area contributed by atoms with Crippen molar-refractivity contribution in [2.24, 2.45) is 0 Å². The first-order valence-corrected chi connectivity index (χ1v) is 12.8. The van der Waals surface area contributed by atoms with E-state index in [1.54, 1.807) is 24.5 Å². The van der Waals surface area contributed by atoms with Gasteiger partial charge in [-0.3, -0.25) is 14.6 Å². The molecular weight excluding hydrogens is 472 g/mol. The molecule has 0 spiro atoms. The maximum Gasteiger partial charge on any atom is 0.295 e. The van der Waals surface area contributed by atoms with Crippen molar-refractivity contribution in [3.8, 4) is 0 Å². The third-order valence-corrected chi connectivity index (χ3v) is 8.18. The molecule has 35 heavy (non-hydrogen) atoms. The van der Waals surface area contributed by atoms with Crippen molar-refractivity contribution in [2.75, 3.05) is 53.5 Å². The average molecular weight is 502 g/mol. The summed E-state index contributed by atoms with van der Waals surface area (Å²) in [4.78, 5) is 33.1. The van der Waals surface area contributed by atoms with E-state index in [4.69, 9.17) is 4.74 Å². The predicted molar refractivity (Wildman–Crippen MR) is 127 cm³/mol. The zero-order valence-corrected chi connectivity index (χ0v) is 20.5. The second kappa shape index (κ2) is 10.2. The van der Waals surface area contributed by atoms with Gasteiger partial charge < -0.3 is 19.6 Å². The van der Waals surface area contributed by atoms with Crippen LogP contribution in [-0.2, 0) is 24.3 Å². The molecule has 1 aromatic carbocycles.